The van der Waals surface area contributed by atoms with Gasteiger partial charge in [-0.3, -0.25) is 4.98 Å². The van der Waals surface area contributed by atoms with Crippen LogP contribution in [-0.2, 0) is 0 Å². The molecule has 0 aromatic carbocycles. The molecule has 0 aliphatic carbocycles. The van der Waals surface area contributed by atoms with Crippen LogP contribution in [0.1, 0.15) is 11.1 Å². The quantitative estimate of drug-likeness (QED) is 0.790. The standard InChI is InChI=1S/C15H14N4S/c1-10-5-7-16-12(8-10)13-9-20-15(18-13)19-14-11(2)4-3-6-17-14/h3-9H,1-2H3,(H,17,18,19). The van der Waals surface area contributed by atoms with Crippen LogP contribution in [-0.4, -0.2) is 15.0 Å². The maximum atomic E-state index is 4.56. The zero-order valence-electron chi connectivity index (χ0n) is 11.3. The van der Waals surface area contributed by atoms with Crippen LogP contribution in [0, 0.1) is 13.8 Å². The summed E-state index contributed by atoms with van der Waals surface area (Å²) in [4.78, 5) is 13.2. The molecule has 0 fully saturated rings. The Balaban J connectivity index is 1.86. The number of hydrogen-bond acceptors (Lipinski definition) is 5. The summed E-state index contributed by atoms with van der Waals surface area (Å²) in [6, 6.07) is 7.95. The number of rotatable bonds is 3. The monoisotopic (exact) mass is 282 g/mol. The van der Waals surface area contributed by atoms with E-state index in [-0.39, 0.29) is 0 Å². The Hall–Kier alpha value is -2.27. The minimum Gasteiger partial charge on any atom is -0.316 e. The van der Waals surface area contributed by atoms with Crippen LogP contribution in [0.4, 0.5) is 10.9 Å². The smallest absolute Gasteiger partial charge is 0.188 e. The molecule has 3 heterocycles. The SMILES string of the molecule is Cc1ccnc(-c2csc(Nc3ncccc3C)n2)c1. The van der Waals surface area contributed by atoms with Crippen LogP contribution >= 0.6 is 11.3 Å². The molecule has 0 bridgehead atoms. The summed E-state index contributed by atoms with van der Waals surface area (Å²) in [5, 5.41) is 6.07. The van der Waals surface area contributed by atoms with Crippen molar-refractivity contribution in [1.29, 1.82) is 0 Å². The molecule has 100 valence electrons. The number of nitrogens with zero attached hydrogens (tertiary/aromatic N) is 3. The molecule has 0 radical (unpaired) electrons. The van der Waals surface area contributed by atoms with E-state index in [1.165, 1.54) is 5.56 Å². The van der Waals surface area contributed by atoms with Crippen molar-refractivity contribution in [2.45, 2.75) is 13.8 Å². The van der Waals surface area contributed by atoms with E-state index in [2.05, 4.69) is 20.3 Å². The summed E-state index contributed by atoms with van der Waals surface area (Å²) in [6.45, 7) is 4.07. The van der Waals surface area contributed by atoms with E-state index in [1.54, 1.807) is 23.7 Å². The molecule has 0 unspecified atom stereocenters. The highest BCUT2D eigenvalue weighted by Crippen LogP contribution is 2.26. The van der Waals surface area contributed by atoms with Crippen LogP contribution in [0.15, 0.2) is 42.0 Å². The second-order valence-electron chi connectivity index (χ2n) is 4.55. The lowest BCUT2D eigenvalue weighted by Crippen LogP contribution is -1.95. The molecule has 1 N–H and O–H groups in total. The van der Waals surface area contributed by atoms with E-state index >= 15 is 0 Å². The predicted octanol–water partition coefficient (Wildman–Crippen LogP) is 3.96. The highest BCUT2D eigenvalue weighted by molar-refractivity contribution is 7.14. The molecule has 3 aromatic heterocycles. The molecule has 0 saturated carbocycles. The fourth-order valence-electron chi connectivity index (χ4n) is 1.84. The van der Waals surface area contributed by atoms with Crippen molar-refractivity contribution in [3.63, 3.8) is 0 Å². The Morgan fingerprint density at radius 1 is 1.05 bits per heavy atom. The number of anilines is 2. The zero-order valence-corrected chi connectivity index (χ0v) is 12.1. The third-order valence-electron chi connectivity index (χ3n) is 2.92. The van der Waals surface area contributed by atoms with Gasteiger partial charge in [0.05, 0.1) is 5.69 Å². The van der Waals surface area contributed by atoms with Crippen molar-refractivity contribution in [1.82, 2.24) is 15.0 Å². The Morgan fingerprint density at radius 2 is 1.95 bits per heavy atom. The number of hydrogen-bond donors (Lipinski definition) is 1. The van der Waals surface area contributed by atoms with Crippen LogP contribution in [0.5, 0.6) is 0 Å². The van der Waals surface area contributed by atoms with Gasteiger partial charge in [-0.1, -0.05) is 6.07 Å². The first-order valence-corrected chi connectivity index (χ1v) is 7.17. The molecular formula is C15H14N4S. The number of thiazole rings is 1. The number of pyridine rings is 2. The Labute approximate surface area is 121 Å². The average Bonchev–Trinajstić information content (AvgIpc) is 2.90. The van der Waals surface area contributed by atoms with E-state index in [0.717, 1.165) is 27.9 Å². The lowest BCUT2D eigenvalue weighted by molar-refractivity contribution is 1.23. The fraction of sp³-hybridized carbons (Fsp3) is 0.133. The molecule has 0 amide bonds. The first-order valence-electron chi connectivity index (χ1n) is 6.29. The molecular weight excluding hydrogens is 268 g/mol. The van der Waals surface area contributed by atoms with Crippen LogP contribution in [0.25, 0.3) is 11.4 Å². The fourth-order valence-corrected chi connectivity index (χ4v) is 2.55. The summed E-state index contributed by atoms with van der Waals surface area (Å²) < 4.78 is 0. The second kappa shape index (κ2) is 5.38. The topological polar surface area (TPSA) is 50.7 Å². The molecule has 3 aromatic rings. The third-order valence-corrected chi connectivity index (χ3v) is 3.67. The van der Waals surface area contributed by atoms with Gasteiger partial charge in [-0.2, -0.15) is 0 Å². The first kappa shape index (κ1) is 12.7. The van der Waals surface area contributed by atoms with Crippen molar-refractivity contribution in [2.24, 2.45) is 0 Å². The minimum atomic E-state index is 0.824. The molecule has 5 heteroatoms. The van der Waals surface area contributed by atoms with Gasteiger partial charge in [-0.05, 0) is 43.2 Å². The molecule has 0 atom stereocenters. The van der Waals surface area contributed by atoms with Gasteiger partial charge in [0.25, 0.3) is 0 Å². The van der Waals surface area contributed by atoms with Gasteiger partial charge in [0, 0.05) is 17.8 Å². The van der Waals surface area contributed by atoms with Gasteiger partial charge in [-0.25, -0.2) is 9.97 Å². The van der Waals surface area contributed by atoms with E-state index in [4.69, 9.17) is 0 Å². The predicted molar refractivity (Wildman–Crippen MR) is 82.3 cm³/mol. The third kappa shape index (κ3) is 2.67. The van der Waals surface area contributed by atoms with Crippen LogP contribution in [0.2, 0.25) is 0 Å². The highest BCUT2D eigenvalue weighted by atomic mass is 32.1. The summed E-state index contributed by atoms with van der Waals surface area (Å²) in [5.41, 5.74) is 4.05. The second-order valence-corrected chi connectivity index (χ2v) is 5.41. The van der Waals surface area contributed by atoms with E-state index in [0.29, 0.717) is 0 Å². The van der Waals surface area contributed by atoms with Crippen molar-refractivity contribution in [3.8, 4) is 11.4 Å². The molecule has 0 saturated heterocycles. The minimum absolute atomic E-state index is 0.824. The lowest BCUT2D eigenvalue weighted by atomic mass is 10.2. The average molecular weight is 282 g/mol. The van der Waals surface area contributed by atoms with Crippen molar-refractivity contribution in [2.75, 3.05) is 5.32 Å². The van der Waals surface area contributed by atoms with Gasteiger partial charge in [0.2, 0.25) is 0 Å². The summed E-state index contributed by atoms with van der Waals surface area (Å²) in [6.07, 6.45) is 3.58. The van der Waals surface area contributed by atoms with Crippen molar-refractivity contribution >= 4 is 22.3 Å². The molecule has 20 heavy (non-hydrogen) atoms. The molecule has 0 aliphatic rings. The zero-order chi connectivity index (χ0) is 13.9. The Kier molecular flexibility index (Phi) is 3.43. The van der Waals surface area contributed by atoms with E-state index < -0.39 is 0 Å². The summed E-state index contributed by atoms with van der Waals surface area (Å²) in [5.74, 6) is 0.839. The first-order chi connectivity index (χ1) is 9.72. The number of nitrogens with one attached hydrogen (secondary N) is 1. The van der Waals surface area contributed by atoms with Gasteiger partial charge in [-0.15, -0.1) is 11.3 Å². The highest BCUT2D eigenvalue weighted by Gasteiger charge is 2.07. The molecule has 4 nitrogen and oxygen atoms in total. The van der Waals surface area contributed by atoms with Crippen LogP contribution in [0.3, 0.4) is 0 Å². The Morgan fingerprint density at radius 3 is 2.75 bits per heavy atom. The van der Waals surface area contributed by atoms with Gasteiger partial charge >= 0.3 is 0 Å². The normalized spacial score (nSPS) is 10.5. The van der Waals surface area contributed by atoms with Gasteiger partial charge < -0.3 is 5.32 Å². The molecule has 0 spiro atoms. The maximum absolute atomic E-state index is 4.56. The Bertz CT molecular complexity index is 736. The van der Waals surface area contributed by atoms with Crippen molar-refractivity contribution < 1.29 is 0 Å². The van der Waals surface area contributed by atoms with Gasteiger partial charge in [0.1, 0.15) is 11.5 Å². The van der Waals surface area contributed by atoms with Crippen molar-refractivity contribution in [3.05, 3.63) is 53.2 Å². The summed E-state index contributed by atoms with van der Waals surface area (Å²) in [7, 11) is 0. The van der Waals surface area contributed by atoms with E-state index in [1.807, 2.05) is 43.5 Å². The number of aromatic nitrogens is 3. The summed E-state index contributed by atoms with van der Waals surface area (Å²) >= 11 is 1.55. The van der Waals surface area contributed by atoms with E-state index in [9.17, 15) is 0 Å². The van der Waals surface area contributed by atoms with Crippen LogP contribution < -0.4 is 5.32 Å². The molecule has 3 rings (SSSR count). The number of aryl methyl sites for hydroxylation is 2. The largest absolute Gasteiger partial charge is 0.316 e. The van der Waals surface area contributed by atoms with Gasteiger partial charge in [0.15, 0.2) is 5.13 Å². The lowest BCUT2D eigenvalue weighted by Gasteiger charge is -2.04. The molecule has 0 aliphatic heterocycles. The maximum Gasteiger partial charge on any atom is 0.188 e.